The fourth-order valence-corrected chi connectivity index (χ4v) is 3.41. The molecule has 0 radical (unpaired) electrons. The van der Waals surface area contributed by atoms with Crippen molar-refractivity contribution in [2.75, 3.05) is 6.54 Å². The first kappa shape index (κ1) is 17.1. The van der Waals surface area contributed by atoms with Gasteiger partial charge in [-0.15, -0.1) is 0 Å². The predicted molar refractivity (Wildman–Crippen MR) is 93.4 cm³/mol. The van der Waals surface area contributed by atoms with Gasteiger partial charge in [-0.3, -0.25) is 0 Å². The molecule has 1 aliphatic carbocycles. The summed E-state index contributed by atoms with van der Waals surface area (Å²) in [5, 5.41) is 5.27. The number of nitrogens with one attached hydrogen (secondary N) is 1. The molecule has 0 bridgehead atoms. The summed E-state index contributed by atoms with van der Waals surface area (Å²) in [5.41, 5.74) is 1.55. The van der Waals surface area contributed by atoms with E-state index in [-0.39, 0.29) is 0 Å². The highest BCUT2D eigenvalue weighted by molar-refractivity contribution is 6.35. The van der Waals surface area contributed by atoms with Gasteiger partial charge in [0.2, 0.25) is 0 Å². The third-order valence-electron chi connectivity index (χ3n) is 4.73. The van der Waals surface area contributed by atoms with Gasteiger partial charge in [-0.1, -0.05) is 56.0 Å². The van der Waals surface area contributed by atoms with Gasteiger partial charge in [0.15, 0.2) is 0 Å². The average Bonchev–Trinajstić information content (AvgIpc) is 3.29. The Kier molecular flexibility index (Phi) is 6.40. The van der Waals surface area contributed by atoms with E-state index in [4.69, 9.17) is 23.2 Å². The molecule has 0 aromatic heterocycles. The van der Waals surface area contributed by atoms with Crippen LogP contribution in [0, 0.1) is 5.41 Å². The molecule has 1 saturated carbocycles. The molecule has 0 spiro atoms. The van der Waals surface area contributed by atoms with E-state index in [9.17, 15) is 0 Å². The van der Waals surface area contributed by atoms with Gasteiger partial charge in [-0.25, -0.2) is 0 Å². The standard InChI is InChI=1S/C18H27Cl2N/c1-3-5-10-18(4-2,13-21-16-8-9-16)12-14-6-7-15(19)11-17(14)20/h6-7,11,16,21H,3-5,8-10,12-13H2,1-2H3. The molecule has 118 valence electrons. The minimum Gasteiger partial charge on any atom is -0.313 e. The Labute approximate surface area is 139 Å². The second kappa shape index (κ2) is 7.85. The van der Waals surface area contributed by atoms with Gasteiger partial charge in [0.1, 0.15) is 0 Å². The molecule has 0 heterocycles. The number of halogens is 2. The van der Waals surface area contributed by atoms with Crippen molar-refractivity contribution in [2.45, 2.75) is 64.8 Å². The number of unbranched alkanes of at least 4 members (excludes halogenated alkanes) is 1. The third-order valence-corrected chi connectivity index (χ3v) is 5.32. The monoisotopic (exact) mass is 327 g/mol. The van der Waals surface area contributed by atoms with E-state index in [0.29, 0.717) is 5.41 Å². The van der Waals surface area contributed by atoms with E-state index in [1.165, 1.54) is 44.1 Å². The topological polar surface area (TPSA) is 12.0 Å². The van der Waals surface area contributed by atoms with Crippen molar-refractivity contribution >= 4 is 23.2 Å². The van der Waals surface area contributed by atoms with Crippen LogP contribution in [0.25, 0.3) is 0 Å². The van der Waals surface area contributed by atoms with Crippen LogP contribution in [-0.2, 0) is 6.42 Å². The Bertz CT molecular complexity index is 457. The SMILES string of the molecule is CCCCC(CC)(CNC1CC1)Cc1ccc(Cl)cc1Cl. The molecule has 1 atom stereocenters. The van der Waals surface area contributed by atoms with Crippen molar-refractivity contribution in [1.82, 2.24) is 5.32 Å². The highest BCUT2D eigenvalue weighted by atomic mass is 35.5. The Morgan fingerprint density at radius 3 is 2.57 bits per heavy atom. The molecule has 2 rings (SSSR count). The van der Waals surface area contributed by atoms with Gasteiger partial charge in [0.05, 0.1) is 0 Å². The maximum atomic E-state index is 6.40. The Morgan fingerprint density at radius 2 is 2.00 bits per heavy atom. The summed E-state index contributed by atoms with van der Waals surface area (Å²) < 4.78 is 0. The molecular weight excluding hydrogens is 301 g/mol. The van der Waals surface area contributed by atoms with Gasteiger partial charge in [-0.05, 0) is 55.2 Å². The lowest BCUT2D eigenvalue weighted by atomic mass is 9.75. The van der Waals surface area contributed by atoms with Crippen LogP contribution in [0.3, 0.4) is 0 Å². The van der Waals surface area contributed by atoms with Crippen molar-refractivity contribution in [3.63, 3.8) is 0 Å². The zero-order valence-electron chi connectivity index (χ0n) is 13.2. The minimum atomic E-state index is 0.316. The van der Waals surface area contributed by atoms with Gasteiger partial charge < -0.3 is 5.32 Å². The van der Waals surface area contributed by atoms with E-state index in [2.05, 4.69) is 25.2 Å². The van der Waals surface area contributed by atoms with Crippen LogP contribution >= 0.6 is 23.2 Å². The number of hydrogen-bond acceptors (Lipinski definition) is 1. The second-order valence-corrected chi connectivity index (χ2v) is 7.37. The van der Waals surface area contributed by atoms with E-state index in [0.717, 1.165) is 29.1 Å². The highest BCUT2D eigenvalue weighted by Gasteiger charge is 2.31. The maximum absolute atomic E-state index is 6.40. The van der Waals surface area contributed by atoms with Crippen molar-refractivity contribution in [2.24, 2.45) is 5.41 Å². The molecule has 1 unspecified atom stereocenters. The van der Waals surface area contributed by atoms with Crippen molar-refractivity contribution in [3.8, 4) is 0 Å². The molecule has 0 aliphatic heterocycles. The van der Waals surface area contributed by atoms with Crippen LogP contribution in [0.15, 0.2) is 18.2 Å². The fourth-order valence-electron chi connectivity index (χ4n) is 2.94. The summed E-state index contributed by atoms with van der Waals surface area (Å²) in [7, 11) is 0. The number of hydrogen-bond donors (Lipinski definition) is 1. The van der Waals surface area contributed by atoms with Crippen LogP contribution < -0.4 is 5.32 Å². The zero-order chi connectivity index (χ0) is 15.3. The maximum Gasteiger partial charge on any atom is 0.0453 e. The largest absolute Gasteiger partial charge is 0.313 e. The summed E-state index contributed by atoms with van der Waals surface area (Å²) >= 11 is 12.4. The molecule has 1 nitrogen and oxygen atoms in total. The first-order valence-electron chi connectivity index (χ1n) is 8.26. The van der Waals surface area contributed by atoms with Crippen molar-refractivity contribution in [1.29, 1.82) is 0 Å². The smallest absolute Gasteiger partial charge is 0.0453 e. The van der Waals surface area contributed by atoms with Crippen molar-refractivity contribution in [3.05, 3.63) is 33.8 Å². The van der Waals surface area contributed by atoms with E-state index >= 15 is 0 Å². The van der Waals surface area contributed by atoms with Gasteiger partial charge in [0, 0.05) is 22.6 Å². The third kappa shape index (κ3) is 5.16. The summed E-state index contributed by atoms with van der Waals surface area (Å²) in [6.07, 6.45) is 8.71. The molecule has 0 amide bonds. The zero-order valence-corrected chi connectivity index (χ0v) is 14.7. The fraction of sp³-hybridized carbons (Fsp3) is 0.667. The second-order valence-electron chi connectivity index (χ2n) is 6.52. The molecular formula is C18H27Cl2N. The Hall–Kier alpha value is -0.240. The molecule has 1 aromatic carbocycles. The lowest BCUT2D eigenvalue weighted by Gasteiger charge is -2.34. The van der Waals surface area contributed by atoms with E-state index in [1.54, 1.807) is 0 Å². The van der Waals surface area contributed by atoms with Crippen LogP contribution in [0.1, 0.15) is 57.9 Å². The van der Waals surface area contributed by atoms with E-state index in [1.807, 2.05) is 12.1 Å². The lowest BCUT2D eigenvalue weighted by Crippen LogP contribution is -2.37. The van der Waals surface area contributed by atoms with Crippen LogP contribution in [-0.4, -0.2) is 12.6 Å². The lowest BCUT2D eigenvalue weighted by molar-refractivity contribution is 0.228. The van der Waals surface area contributed by atoms with Gasteiger partial charge in [-0.2, -0.15) is 0 Å². The Balaban J connectivity index is 2.11. The van der Waals surface area contributed by atoms with Crippen LogP contribution in [0.4, 0.5) is 0 Å². The van der Waals surface area contributed by atoms with Crippen LogP contribution in [0.2, 0.25) is 10.0 Å². The van der Waals surface area contributed by atoms with Gasteiger partial charge >= 0.3 is 0 Å². The summed E-state index contributed by atoms with van der Waals surface area (Å²) in [5.74, 6) is 0. The summed E-state index contributed by atoms with van der Waals surface area (Å²) in [4.78, 5) is 0. The summed E-state index contributed by atoms with van der Waals surface area (Å²) in [6, 6.07) is 6.68. The number of rotatable bonds is 9. The molecule has 21 heavy (non-hydrogen) atoms. The normalized spacial score (nSPS) is 17.7. The molecule has 3 heteroatoms. The number of benzene rings is 1. The van der Waals surface area contributed by atoms with Gasteiger partial charge in [0.25, 0.3) is 0 Å². The van der Waals surface area contributed by atoms with Crippen LogP contribution in [0.5, 0.6) is 0 Å². The predicted octanol–water partition coefficient (Wildman–Crippen LogP) is 5.87. The molecule has 1 aromatic rings. The summed E-state index contributed by atoms with van der Waals surface area (Å²) in [6.45, 7) is 5.69. The average molecular weight is 328 g/mol. The van der Waals surface area contributed by atoms with E-state index < -0.39 is 0 Å². The molecule has 0 saturated heterocycles. The molecule has 1 N–H and O–H groups in total. The quantitative estimate of drug-likeness (QED) is 0.597. The highest BCUT2D eigenvalue weighted by Crippen LogP contribution is 2.36. The molecule has 1 aliphatic rings. The Morgan fingerprint density at radius 1 is 1.24 bits per heavy atom. The van der Waals surface area contributed by atoms with Crippen molar-refractivity contribution < 1.29 is 0 Å². The first-order valence-corrected chi connectivity index (χ1v) is 9.01. The molecule has 1 fully saturated rings. The first-order chi connectivity index (χ1) is 10.1. The minimum absolute atomic E-state index is 0.316.